The minimum Gasteiger partial charge on any atom is -0.381 e. The summed E-state index contributed by atoms with van der Waals surface area (Å²) in [4.78, 5) is 0. The van der Waals surface area contributed by atoms with Gasteiger partial charge in [-0.15, -0.1) is 0 Å². The van der Waals surface area contributed by atoms with Crippen molar-refractivity contribution in [3.8, 4) is 0 Å². The molecular formula is C16H29NO. The fourth-order valence-corrected chi connectivity index (χ4v) is 2.19. The van der Waals surface area contributed by atoms with Crippen molar-refractivity contribution in [2.75, 3.05) is 19.8 Å². The molecule has 1 rings (SSSR count). The standard InChI is InChI=1S/C16H29NO/c17-13-7-1-2-8-14-18-15-9-6-12-16-10-4-3-5-11-16/h4,10-11H,1-3,5-9,12-15,17H2. The Morgan fingerprint density at radius 3 is 2.44 bits per heavy atom. The van der Waals surface area contributed by atoms with Crippen LogP contribution in [0, 0.1) is 0 Å². The van der Waals surface area contributed by atoms with Crippen LogP contribution in [0.1, 0.15) is 57.8 Å². The third kappa shape index (κ3) is 8.48. The quantitative estimate of drug-likeness (QED) is 0.564. The highest BCUT2D eigenvalue weighted by Crippen LogP contribution is 2.15. The topological polar surface area (TPSA) is 35.2 Å². The summed E-state index contributed by atoms with van der Waals surface area (Å²) in [6.07, 6.45) is 17.9. The van der Waals surface area contributed by atoms with Crippen LogP contribution in [0.25, 0.3) is 0 Å². The zero-order valence-electron chi connectivity index (χ0n) is 11.7. The SMILES string of the molecule is NCCCCCCOCCCCC1=CCCC=C1. The van der Waals surface area contributed by atoms with Crippen LogP contribution in [0.4, 0.5) is 0 Å². The van der Waals surface area contributed by atoms with E-state index in [9.17, 15) is 0 Å². The van der Waals surface area contributed by atoms with E-state index < -0.39 is 0 Å². The van der Waals surface area contributed by atoms with Gasteiger partial charge in [0.1, 0.15) is 0 Å². The zero-order chi connectivity index (χ0) is 12.9. The van der Waals surface area contributed by atoms with Crippen LogP contribution in [0.2, 0.25) is 0 Å². The fourth-order valence-electron chi connectivity index (χ4n) is 2.19. The molecule has 0 radical (unpaired) electrons. The summed E-state index contributed by atoms with van der Waals surface area (Å²) in [6, 6.07) is 0. The molecule has 0 fully saturated rings. The van der Waals surface area contributed by atoms with Crippen LogP contribution in [0.15, 0.2) is 23.8 Å². The van der Waals surface area contributed by atoms with Gasteiger partial charge >= 0.3 is 0 Å². The fraction of sp³-hybridized carbons (Fsp3) is 0.750. The first-order valence-electron chi connectivity index (χ1n) is 7.57. The maximum atomic E-state index is 5.63. The molecule has 1 aliphatic carbocycles. The van der Waals surface area contributed by atoms with Gasteiger partial charge in [-0.3, -0.25) is 0 Å². The first-order chi connectivity index (χ1) is 8.93. The number of hydrogen-bond donors (Lipinski definition) is 1. The van der Waals surface area contributed by atoms with Crippen molar-refractivity contribution in [3.63, 3.8) is 0 Å². The minimum atomic E-state index is 0.825. The molecule has 0 heterocycles. The third-order valence-corrected chi connectivity index (χ3v) is 3.32. The molecule has 0 aromatic rings. The van der Waals surface area contributed by atoms with Gasteiger partial charge < -0.3 is 10.5 Å². The monoisotopic (exact) mass is 251 g/mol. The Kier molecular flexibility index (Phi) is 9.87. The summed E-state index contributed by atoms with van der Waals surface area (Å²) in [5, 5.41) is 0. The second-order valence-corrected chi connectivity index (χ2v) is 5.03. The summed E-state index contributed by atoms with van der Waals surface area (Å²) in [5.41, 5.74) is 6.96. The first kappa shape index (κ1) is 15.5. The van der Waals surface area contributed by atoms with Crippen LogP contribution >= 0.6 is 0 Å². The average Bonchev–Trinajstić information content (AvgIpc) is 2.42. The second-order valence-electron chi connectivity index (χ2n) is 5.03. The highest BCUT2D eigenvalue weighted by atomic mass is 16.5. The van der Waals surface area contributed by atoms with Crippen LogP contribution in [0.3, 0.4) is 0 Å². The van der Waals surface area contributed by atoms with Crippen molar-refractivity contribution in [2.24, 2.45) is 5.73 Å². The predicted molar refractivity (Wildman–Crippen MR) is 78.6 cm³/mol. The van der Waals surface area contributed by atoms with E-state index in [1.54, 1.807) is 0 Å². The van der Waals surface area contributed by atoms with E-state index in [0.717, 1.165) is 26.2 Å². The van der Waals surface area contributed by atoms with Gasteiger partial charge in [-0.2, -0.15) is 0 Å². The molecule has 0 aromatic carbocycles. The van der Waals surface area contributed by atoms with E-state index in [1.807, 2.05) is 0 Å². The molecule has 2 nitrogen and oxygen atoms in total. The summed E-state index contributed by atoms with van der Waals surface area (Å²) >= 11 is 0. The molecule has 2 N–H and O–H groups in total. The Hall–Kier alpha value is -0.600. The molecule has 0 bridgehead atoms. The highest BCUT2D eigenvalue weighted by Gasteiger charge is 1.97. The summed E-state index contributed by atoms with van der Waals surface area (Å²) in [7, 11) is 0. The Morgan fingerprint density at radius 1 is 0.944 bits per heavy atom. The second kappa shape index (κ2) is 11.5. The summed E-state index contributed by atoms with van der Waals surface area (Å²) in [5.74, 6) is 0. The van der Waals surface area contributed by atoms with E-state index in [-0.39, 0.29) is 0 Å². The lowest BCUT2D eigenvalue weighted by molar-refractivity contribution is 0.126. The molecule has 0 spiro atoms. The van der Waals surface area contributed by atoms with Crippen molar-refractivity contribution in [1.29, 1.82) is 0 Å². The Bertz CT molecular complexity index is 245. The Morgan fingerprint density at radius 2 is 1.72 bits per heavy atom. The van der Waals surface area contributed by atoms with Crippen molar-refractivity contribution < 1.29 is 4.74 Å². The normalized spacial score (nSPS) is 14.8. The molecule has 0 aliphatic heterocycles. The number of rotatable bonds is 11. The third-order valence-electron chi connectivity index (χ3n) is 3.32. The number of unbranched alkanes of at least 4 members (excludes halogenated alkanes) is 4. The Labute approximate surface area is 112 Å². The number of hydrogen-bond acceptors (Lipinski definition) is 2. The minimum absolute atomic E-state index is 0.825. The molecule has 0 saturated carbocycles. The van der Waals surface area contributed by atoms with Crippen LogP contribution in [-0.2, 0) is 4.74 Å². The predicted octanol–water partition coefficient (Wildman–Crippen LogP) is 3.97. The molecule has 0 saturated heterocycles. The lowest BCUT2D eigenvalue weighted by atomic mass is 10.0. The van der Waals surface area contributed by atoms with Crippen LogP contribution in [0.5, 0.6) is 0 Å². The lowest BCUT2D eigenvalue weighted by Gasteiger charge is -2.07. The number of nitrogens with two attached hydrogens (primary N) is 1. The zero-order valence-corrected chi connectivity index (χ0v) is 11.7. The maximum Gasteiger partial charge on any atom is 0.0466 e. The molecule has 1 aliphatic rings. The van der Waals surface area contributed by atoms with Crippen LogP contribution < -0.4 is 5.73 Å². The first-order valence-corrected chi connectivity index (χ1v) is 7.57. The van der Waals surface area contributed by atoms with Gasteiger partial charge in [0.15, 0.2) is 0 Å². The lowest BCUT2D eigenvalue weighted by Crippen LogP contribution is -2.00. The Balaban J connectivity index is 1.78. The smallest absolute Gasteiger partial charge is 0.0466 e. The molecular weight excluding hydrogens is 222 g/mol. The molecule has 2 heteroatoms. The van der Waals surface area contributed by atoms with Crippen molar-refractivity contribution >= 4 is 0 Å². The molecule has 0 aromatic heterocycles. The van der Waals surface area contributed by atoms with Gasteiger partial charge in [0.25, 0.3) is 0 Å². The van der Waals surface area contributed by atoms with E-state index in [2.05, 4.69) is 18.2 Å². The maximum absolute atomic E-state index is 5.63. The molecule has 0 unspecified atom stereocenters. The molecule has 0 atom stereocenters. The molecule has 104 valence electrons. The van der Waals surface area contributed by atoms with Gasteiger partial charge in [-0.25, -0.2) is 0 Å². The largest absolute Gasteiger partial charge is 0.381 e. The van der Waals surface area contributed by atoms with Gasteiger partial charge in [0.2, 0.25) is 0 Å². The average molecular weight is 251 g/mol. The van der Waals surface area contributed by atoms with E-state index in [4.69, 9.17) is 10.5 Å². The number of ether oxygens (including phenoxy) is 1. The molecule has 18 heavy (non-hydrogen) atoms. The van der Waals surface area contributed by atoms with Crippen molar-refractivity contribution in [2.45, 2.75) is 57.8 Å². The summed E-state index contributed by atoms with van der Waals surface area (Å²) < 4.78 is 5.63. The van der Waals surface area contributed by atoms with Gasteiger partial charge in [0, 0.05) is 13.2 Å². The van der Waals surface area contributed by atoms with E-state index >= 15 is 0 Å². The van der Waals surface area contributed by atoms with E-state index in [0.29, 0.717) is 0 Å². The molecule has 0 amide bonds. The van der Waals surface area contributed by atoms with Gasteiger partial charge in [0.05, 0.1) is 0 Å². The van der Waals surface area contributed by atoms with E-state index in [1.165, 1.54) is 56.9 Å². The summed E-state index contributed by atoms with van der Waals surface area (Å²) in [6.45, 7) is 2.67. The van der Waals surface area contributed by atoms with Gasteiger partial charge in [-0.05, 0) is 51.5 Å². The number of allylic oxidation sites excluding steroid dienone is 4. The van der Waals surface area contributed by atoms with Crippen molar-refractivity contribution in [3.05, 3.63) is 23.8 Å². The van der Waals surface area contributed by atoms with Crippen LogP contribution in [-0.4, -0.2) is 19.8 Å². The van der Waals surface area contributed by atoms with Crippen molar-refractivity contribution in [1.82, 2.24) is 0 Å². The highest BCUT2D eigenvalue weighted by molar-refractivity contribution is 5.21. The van der Waals surface area contributed by atoms with Gasteiger partial charge in [-0.1, -0.05) is 36.6 Å².